The van der Waals surface area contributed by atoms with Gasteiger partial charge in [0.1, 0.15) is 0 Å². The molecule has 1 unspecified atom stereocenters. The fourth-order valence-corrected chi connectivity index (χ4v) is 3.07. The maximum absolute atomic E-state index is 5.41. The largest absolute Gasteiger partial charge is 0.493 e. The Balaban J connectivity index is 1.76. The fraction of sp³-hybridized carbons (Fsp3) is 0.217. The van der Waals surface area contributed by atoms with Crippen molar-refractivity contribution < 1.29 is 9.47 Å². The Bertz CT molecular complexity index is 803. The molecule has 0 amide bonds. The Morgan fingerprint density at radius 2 is 1.38 bits per heavy atom. The standard InChI is InChI=1S/C23H25NO2/c1-25-22-14-13-19(16-23(22)26-2)17-24-21(20-11-7-4-8-12-20)15-18-9-5-3-6-10-18/h3-14,16,21,24H,15,17H2,1-2H3. The Kier molecular flexibility index (Phi) is 6.29. The lowest BCUT2D eigenvalue weighted by Crippen LogP contribution is -2.23. The van der Waals surface area contributed by atoms with E-state index in [0.29, 0.717) is 0 Å². The molecular weight excluding hydrogens is 322 g/mol. The van der Waals surface area contributed by atoms with Crippen molar-refractivity contribution >= 4 is 0 Å². The molecule has 3 aromatic carbocycles. The summed E-state index contributed by atoms with van der Waals surface area (Å²) in [5.41, 5.74) is 3.77. The second-order valence-electron chi connectivity index (χ2n) is 6.22. The molecule has 3 nitrogen and oxygen atoms in total. The monoisotopic (exact) mass is 347 g/mol. The topological polar surface area (TPSA) is 30.5 Å². The zero-order valence-corrected chi connectivity index (χ0v) is 15.3. The third kappa shape index (κ3) is 4.64. The summed E-state index contributed by atoms with van der Waals surface area (Å²) < 4.78 is 10.7. The van der Waals surface area contributed by atoms with Crippen molar-refractivity contribution in [3.63, 3.8) is 0 Å². The molecule has 0 spiro atoms. The summed E-state index contributed by atoms with van der Waals surface area (Å²) >= 11 is 0. The lowest BCUT2D eigenvalue weighted by Gasteiger charge is -2.20. The van der Waals surface area contributed by atoms with Crippen LogP contribution in [-0.4, -0.2) is 14.2 Å². The van der Waals surface area contributed by atoms with E-state index in [1.165, 1.54) is 11.1 Å². The van der Waals surface area contributed by atoms with Gasteiger partial charge in [-0.15, -0.1) is 0 Å². The van der Waals surface area contributed by atoms with Gasteiger partial charge in [0.25, 0.3) is 0 Å². The molecule has 3 heteroatoms. The van der Waals surface area contributed by atoms with Gasteiger partial charge in [0.15, 0.2) is 11.5 Å². The van der Waals surface area contributed by atoms with E-state index in [9.17, 15) is 0 Å². The number of ether oxygens (including phenoxy) is 2. The van der Waals surface area contributed by atoms with Crippen molar-refractivity contribution in [3.8, 4) is 11.5 Å². The van der Waals surface area contributed by atoms with Crippen LogP contribution in [0.5, 0.6) is 11.5 Å². The molecule has 1 N–H and O–H groups in total. The van der Waals surface area contributed by atoms with Gasteiger partial charge in [-0.2, -0.15) is 0 Å². The van der Waals surface area contributed by atoms with Gasteiger partial charge in [-0.1, -0.05) is 66.7 Å². The highest BCUT2D eigenvalue weighted by molar-refractivity contribution is 5.43. The molecule has 0 aromatic heterocycles. The molecule has 0 fully saturated rings. The minimum atomic E-state index is 0.242. The third-order valence-electron chi connectivity index (χ3n) is 4.49. The molecule has 0 saturated heterocycles. The van der Waals surface area contributed by atoms with Crippen molar-refractivity contribution in [2.24, 2.45) is 0 Å². The molecule has 0 saturated carbocycles. The molecule has 0 aliphatic carbocycles. The first kappa shape index (κ1) is 18.0. The SMILES string of the molecule is COc1ccc(CNC(Cc2ccccc2)c2ccccc2)cc1OC. The van der Waals surface area contributed by atoms with Gasteiger partial charge in [-0.3, -0.25) is 0 Å². The smallest absolute Gasteiger partial charge is 0.161 e. The van der Waals surface area contributed by atoms with Crippen LogP contribution in [0.1, 0.15) is 22.7 Å². The third-order valence-corrected chi connectivity index (χ3v) is 4.49. The van der Waals surface area contributed by atoms with Gasteiger partial charge in [0, 0.05) is 12.6 Å². The molecule has 0 bridgehead atoms. The Morgan fingerprint density at radius 1 is 0.731 bits per heavy atom. The first-order valence-electron chi connectivity index (χ1n) is 8.83. The van der Waals surface area contributed by atoms with Crippen LogP contribution in [0.3, 0.4) is 0 Å². The average Bonchev–Trinajstić information content (AvgIpc) is 2.72. The van der Waals surface area contributed by atoms with Gasteiger partial charge in [-0.05, 0) is 35.2 Å². The molecule has 1 atom stereocenters. The zero-order chi connectivity index (χ0) is 18.2. The Labute approximate surface area is 155 Å². The van der Waals surface area contributed by atoms with Crippen molar-refractivity contribution in [2.45, 2.75) is 19.0 Å². The Morgan fingerprint density at radius 3 is 2.04 bits per heavy atom. The van der Waals surface area contributed by atoms with Crippen LogP contribution in [0.15, 0.2) is 78.9 Å². The van der Waals surface area contributed by atoms with E-state index < -0.39 is 0 Å². The molecule has 26 heavy (non-hydrogen) atoms. The highest BCUT2D eigenvalue weighted by Gasteiger charge is 2.12. The number of methoxy groups -OCH3 is 2. The van der Waals surface area contributed by atoms with Gasteiger partial charge >= 0.3 is 0 Å². The van der Waals surface area contributed by atoms with Gasteiger partial charge in [0.2, 0.25) is 0 Å². The van der Waals surface area contributed by atoms with E-state index in [-0.39, 0.29) is 6.04 Å². The van der Waals surface area contributed by atoms with Crippen molar-refractivity contribution in [1.29, 1.82) is 0 Å². The van der Waals surface area contributed by atoms with Crippen molar-refractivity contribution in [1.82, 2.24) is 5.32 Å². The van der Waals surface area contributed by atoms with E-state index in [0.717, 1.165) is 30.0 Å². The van der Waals surface area contributed by atoms with E-state index in [4.69, 9.17) is 9.47 Å². The summed E-state index contributed by atoms with van der Waals surface area (Å²) in [5, 5.41) is 3.69. The summed E-state index contributed by atoms with van der Waals surface area (Å²) in [4.78, 5) is 0. The molecule has 134 valence electrons. The first-order valence-corrected chi connectivity index (χ1v) is 8.83. The predicted octanol–water partition coefficient (Wildman–Crippen LogP) is 4.78. The number of nitrogens with one attached hydrogen (secondary N) is 1. The zero-order valence-electron chi connectivity index (χ0n) is 15.3. The highest BCUT2D eigenvalue weighted by atomic mass is 16.5. The van der Waals surface area contributed by atoms with Gasteiger partial charge in [0.05, 0.1) is 14.2 Å². The van der Waals surface area contributed by atoms with Crippen LogP contribution < -0.4 is 14.8 Å². The summed E-state index contributed by atoms with van der Waals surface area (Å²) in [6, 6.07) is 27.4. The maximum Gasteiger partial charge on any atom is 0.161 e. The molecule has 0 radical (unpaired) electrons. The molecule has 0 heterocycles. The van der Waals surface area contributed by atoms with Gasteiger partial charge in [-0.25, -0.2) is 0 Å². The number of rotatable bonds is 8. The van der Waals surface area contributed by atoms with Crippen LogP contribution in [0.25, 0.3) is 0 Å². The summed E-state index contributed by atoms with van der Waals surface area (Å²) in [5.74, 6) is 1.51. The second kappa shape index (κ2) is 9.07. The summed E-state index contributed by atoms with van der Waals surface area (Å²) in [6.07, 6.45) is 0.943. The fourth-order valence-electron chi connectivity index (χ4n) is 3.07. The van der Waals surface area contributed by atoms with Crippen molar-refractivity contribution in [3.05, 3.63) is 95.6 Å². The minimum absolute atomic E-state index is 0.242. The number of hydrogen-bond donors (Lipinski definition) is 1. The van der Waals surface area contributed by atoms with Crippen LogP contribution in [0.4, 0.5) is 0 Å². The van der Waals surface area contributed by atoms with E-state index in [2.05, 4.69) is 72.0 Å². The summed E-state index contributed by atoms with van der Waals surface area (Å²) in [7, 11) is 3.32. The molecule has 0 aliphatic heterocycles. The molecule has 3 rings (SSSR count). The minimum Gasteiger partial charge on any atom is -0.493 e. The normalized spacial score (nSPS) is 11.8. The molecule has 3 aromatic rings. The predicted molar refractivity (Wildman–Crippen MR) is 106 cm³/mol. The maximum atomic E-state index is 5.41. The quantitative estimate of drug-likeness (QED) is 0.636. The summed E-state index contributed by atoms with van der Waals surface area (Å²) in [6.45, 7) is 0.757. The number of benzene rings is 3. The highest BCUT2D eigenvalue weighted by Crippen LogP contribution is 2.28. The van der Waals surface area contributed by atoms with E-state index >= 15 is 0 Å². The van der Waals surface area contributed by atoms with E-state index in [1.54, 1.807) is 14.2 Å². The second-order valence-corrected chi connectivity index (χ2v) is 6.22. The van der Waals surface area contributed by atoms with Crippen LogP contribution in [0, 0.1) is 0 Å². The van der Waals surface area contributed by atoms with Crippen molar-refractivity contribution in [2.75, 3.05) is 14.2 Å². The molecular formula is C23H25NO2. The van der Waals surface area contributed by atoms with Crippen LogP contribution in [0.2, 0.25) is 0 Å². The molecule has 0 aliphatic rings. The number of hydrogen-bond acceptors (Lipinski definition) is 3. The van der Waals surface area contributed by atoms with Gasteiger partial charge < -0.3 is 14.8 Å². The first-order chi connectivity index (χ1) is 12.8. The van der Waals surface area contributed by atoms with Crippen LogP contribution >= 0.6 is 0 Å². The Hall–Kier alpha value is -2.78. The van der Waals surface area contributed by atoms with E-state index in [1.807, 2.05) is 12.1 Å². The lowest BCUT2D eigenvalue weighted by atomic mass is 9.98. The van der Waals surface area contributed by atoms with Crippen LogP contribution in [-0.2, 0) is 13.0 Å². The lowest BCUT2D eigenvalue weighted by molar-refractivity contribution is 0.354. The average molecular weight is 347 g/mol.